The van der Waals surface area contributed by atoms with Crippen molar-refractivity contribution in [3.63, 3.8) is 0 Å². The molecule has 150 valence electrons. The van der Waals surface area contributed by atoms with Crippen LogP contribution in [0.4, 0.5) is 19.0 Å². The van der Waals surface area contributed by atoms with E-state index in [0.717, 1.165) is 0 Å². The van der Waals surface area contributed by atoms with Gasteiger partial charge in [0, 0.05) is 11.3 Å². The number of anilines is 1. The number of benzene rings is 1. The Morgan fingerprint density at radius 1 is 1.11 bits per heavy atom. The molecule has 2 rings (SSSR count). The molecule has 6 nitrogen and oxygen atoms in total. The molecule has 2 N–H and O–H groups in total. The zero-order valence-corrected chi connectivity index (χ0v) is 15.6. The van der Waals surface area contributed by atoms with Gasteiger partial charge >= 0.3 is 17.8 Å². The molecule has 0 saturated carbocycles. The third-order valence-electron chi connectivity index (χ3n) is 3.79. The largest absolute Gasteiger partial charge is 0.463 e. The van der Waals surface area contributed by atoms with E-state index in [-0.39, 0.29) is 18.0 Å². The summed E-state index contributed by atoms with van der Waals surface area (Å²) in [5, 5.41) is 3.81. The van der Waals surface area contributed by atoms with Crippen LogP contribution in [0.1, 0.15) is 28.5 Å². The lowest BCUT2D eigenvalue weighted by Gasteiger charge is -2.35. The normalized spacial score (nSPS) is 13.4. The molecule has 1 heterocycles. The number of carbonyl (C=O) groups is 2. The van der Waals surface area contributed by atoms with Gasteiger partial charge in [-0.25, -0.2) is 9.78 Å². The maximum Gasteiger partial charge on any atom is 0.441 e. The van der Waals surface area contributed by atoms with E-state index in [1.165, 1.54) is 37.3 Å². The molecule has 0 fully saturated rings. The number of aryl methyl sites for hydroxylation is 2. The van der Waals surface area contributed by atoms with Gasteiger partial charge in [0.1, 0.15) is 5.82 Å². The van der Waals surface area contributed by atoms with Gasteiger partial charge < -0.3 is 15.4 Å². The van der Waals surface area contributed by atoms with Crippen molar-refractivity contribution in [3.05, 3.63) is 59.3 Å². The number of alkyl halides is 3. The van der Waals surface area contributed by atoms with Gasteiger partial charge in [0.05, 0.1) is 6.61 Å². The van der Waals surface area contributed by atoms with Gasteiger partial charge in [0.25, 0.3) is 5.91 Å². The molecular weight excluding hydrogens is 375 g/mol. The topological polar surface area (TPSA) is 80.3 Å². The van der Waals surface area contributed by atoms with Crippen LogP contribution in [0.15, 0.2) is 42.5 Å². The van der Waals surface area contributed by atoms with Crippen molar-refractivity contribution in [1.29, 1.82) is 0 Å². The first-order valence-corrected chi connectivity index (χ1v) is 8.44. The quantitative estimate of drug-likeness (QED) is 0.579. The number of hydrogen-bond donors (Lipinski definition) is 2. The fourth-order valence-electron chi connectivity index (χ4n) is 2.46. The van der Waals surface area contributed by atoms with E-state index < -0.39 is 23.7 Å². The fourth-order valence-corrected chi connectivity index (χ4v) is 2.46. The molecule has 1 amide bonds. The Balaban J connectivity index is 2.52. The zero-order valence-electron chi connectivity index (χ0n) is 15.6. The number of esters is 1. The van der Waals surface area contributed by atoms with E-state index in [2.05, 4.69) is 9.72 Å². The van der Waals surface area contributed by atoms with Gasteiger partial charge in [-0.15, -0.1) is 0 Å². The number of hydrogen-bond acceptors (Lipinski definition) is 5. The van der Waals surface area contributed by atoms with Crippen molar-refractivity contribution in [2.24, 2.45) is 0 Å². The smallest absolute Gasteiger partial charge is 0.441 e. The van der Waals surface area contributed by atoms with Gasteiger partial charge in [-0.3, -0.25) is 4.79 Å². The second-order valence-electron chi connectivity index (χ2n) is 6.08. The molecule has 0 radical (unpaired) electrons. The zero-order chi connectivity index (χ0) is 20.9. The maximum atomic E-state index is 14.1. The first-order valence-electron chi connectivity index (χ1n) is 8.44. The number of nitrogens with zero attached hydrogens (tertiary/aromatic N) is 1. The average Bonchev–Trinajstić information content (AvgIpc) is 2.60. The first-order chi connectivity index (χ1) is 13.1. The van der Waals surface area contributed by atoms with E-state index in [1.54, 1.807) is 31.3 Å². The van der Waals surface area contributed by atoms with E-state index in [4.69, 9.17) is 0 Å². The van der Waals surface area contributed by atoms with Crippen LogP contribution < -0.4 is 10.6 Å². The molecule has 2 aromatic rings. The molecule has 0 unspecified atom stereocenters. The molecule has 28 heavy (non-hydrogen) atoms. The molecule has 0 aliphatic rings. The fraction of sp³-hybridized carbons (Fsp3) is 0.316. The van der Waals surface area contributed by atoms with Crippen LogP contribution in [-0.4, -0.2) is 35.3 Å². The van der Waals surface area contributed by atoms with E-state index in [9.17, 15) is 22.8 Å². The predicted octanol–water partition coefficient (Wildman–Crippen LogP) is 3.36. The Morgan fingerprint density at radius 2 is 1.79 bits per heavy atom. The molecule has 1 atom stereocenters. The second kappa shape index (κ2) is 8.28. The summed E-state index contributed by atoms with van der Waals surface area (Å²) in [6, 6.07) is 10.3. The highest BCUT2D eigenvalue weighted by molar-refractivity contribution is 5.99. The Bertz CT molecular complexity index is 871. The van der Waals surface area contributed by atoms with Crippen molar-refractivity contribution in [1.82, 2.24) is 10.3 Å². The lowest BCUT2D eigenvalue weighted by molar-refractivity contribution is -0.204. The molecule has 9 heteroatoms. The van der Waals surface area contributed by atoms with Crippen LogP contribution in [0.2, 0.25) is 0 Å². The van der Waals surface area contributed by atoms with Crippen molar-refractivity contribution in [2.75, 3.05) is 11.9 Å². The summed E-state index contributed by atoms with van der Waals surface area (Å²) in [5.74, 6) is -3.02. The lowest BCUT2D eigenvalue weighted by Crippen LogP contribution is -2.69. The van der Waals surface area contributed by atoms with Crippen LogP contribution in [0.3, 0.4) is 0 Å². The molecule has 1 aromatic heterocycles. The van der Waals surface area contributed by atoms with Gasteiger partial charge in [-0.05, 0) is 45.0 Å². The van der Waals surface area contributed by atoms with Crippen molar-refractivity contribution in [3.8, 4) is 0 Å². The van der Waals surface area contributed by atoms with Gasteiger partial charge in [-0.1, -0.05) is 23.8 Å². The SMILES string of the molecule is CCOC(=O)[C@](NC(=O)c1cccc(C)c1)(Nc1cccc(C)n1)C(F)(F)F. The maximum absolute atomic E-state index is 14.1. The van der Waals surface area contributed by atoms with Gasteiger partial charge in [0.2, 0.25) is 0 Å². The summed E-state index contributed by atoms with van der Waals surface area (Å²) in [6.45, 7) is 4.33. The monoisotopic (exact) mass is 395 g/mol. The van der Waals surface area contributed by atoms with E-state index in [1.807, 2.05) is 5.32 Å². The second-order valence-corrected chi connectivity index (χ2v) is 6.08. The van der Waals surface area contributed by atoms with Crippen LogP contribution >= 0.6 is 0 Å². The number of amides is 1. The molecule has 0 aliphatic carbocycles. The van der Waals surface area contributed by atoms with Crippen molar-refractivity contribution >= 4 is 17.7 Å². The minimum Gasteiger partial charge on any atom is -0.463 e. The van der Waals surface area contributed by atoms with E-state index in [0.29, 0.717) is 11.3 Å². The minimum absolute atomic E-state index is 0.0306. The lowest BCUT2D eigenvalue weighted by atomic mass is 10.1. The Kier molecular flexibility index (Phi) is 6.27. The number of carbonyl (C=O) groups excluding carboxylic acids is 2. The summed E-state index contributed by atoms with van der Waals surface area (Å²) in [4.78, 5) is 28.9. The summed E-state index contributed by atoms with van der Waals surface area (Å²) in [5.41, 5.74) is -2.44. The highest BCUT2D eigenvalue weighted by Gasteiger charge is 2.64. The predicted molar refractivity (Wildman–Crippen MR) is 96.7 cm³/mol. The third-order valence-corrected chi connectivity index (χ3v) is 3.79. The highest BCUT2D eigenvalue weighted by Crippen LogP contribution is 2.33. The molecule has 0 saturated heterocycles. The third kappa shape index (κ3) is 4.59. The minimum atomic E-state index is -5.22. The summed E-state index contributed by atoms with van der Waals surface area (Å²) < 4.78 is 46.9. The number of halogens is 3. The summed E-state index contributed by atoms with van der Waals surface area (Å²) >= 11 is 0. The van der Waals surface area contributed by atoms with E-state index >= 15 is 0 Å². The summed E-state index contributed by atoms with van der Waals surface area (Å²) in [7, 11) is 0. The first kappa shape index (κ1) is 21.2. The average molecular weight is 395 g/mol. The Hall–Kier alpha value is -3.10. The number of nitrogens with one attached hydrogen (secondary N) is 2. The van der Waals surface area contributed by atoms with Crippen LogP contribution in [0.25, 0.3) is 0 Å². The molecule has 0 spiro atoms. The van der Waals surface area contributed by atoms with Crippen LogP contribution in [0, 0.1) is 13.8 Å². The molecule has 0 aliphatic heterocycles. The summed E-state index contributed by atoms with van der Waals surface area (Å²) in [6.07, 6.45) is -5.22. The van der Waals surface area contributed by atoms with Gasteiger partial charge in [0.15, 0.2) is 0 Å². The molecule has 1 aromatic carbocycles. The standard InChI is InChI=1S/C19H20F3N3O3/c1-4-28-17(27)18(19(20,21)22,24-15-10-6-8-13(3)23-15)25-16(26)14-9-5-7-12(2)11-14/h5-11H,4H2,1-3H3,(H,23,24)(H,25,26)/t18-/m1/s1. The number of aromatic nitrogens is 1. The van der Waals surface area contributed by atoms with Crippen LogP contribution in [-0.2, 0) is 9.53 Å². The Morgan fingerprint density at radius 3 is 2.36 bits per heavy atom. The van der Waals surface area contributed by atoms with Crippen molar-refractivity contribution in [2.45, 2.75) is 32.6 Å². The number of rotatable bonds is 6. The van der Waals surface area contributed by atoms with Crippen LogP contribution in [0.5, 0.6) is 0 Å². The highest BCUT2D eigenvalue weighted by atomic mass is 19.4. The van der Waals surface area contributed by atoms with Gasteiger partial charge in [-0.2, -0.15) is 13.2 Å². The van der Waals surface area contributed by atoms with Crippen molar-refractivity contribution < 1.29 is 27.5 Å². The molecule has 0 bridgehead atoms. The Labute approximate surface area is 160 Å². The molecular formula is C19H20F3N3O3. The number of ether oxygens (including phenoxy) is 1. The number of pyridine rings is 1.